The molecule has 150 valence electrons. The molecule has 4 rings (SSSR count). The predicted octanol–water partition coefficient (Wildman–Crippen LogP) is 2.94. The lowest BCUT2D eigenvalue weighted by atomic mass is 10.1. The zero-order valence-corrected chi connectivity index (χ0v) is 16.7. The van der Waals surface area contributed by atoms with Gasteiger partial charge >= 0.3 is 0 Å². The maximum atomic E-state index is 12.9. The number of carbonyl (C=O) groups excluding carboxylic acids is 1. The van der Waals surface area contributed by atoms with Gasteiger partial charge in [-0.2, -0.15) is 0 Å². The SMILES string of the molecule is O=C(NCc1ccc(Cl)cc1)c1c[nH]c2ccc(CN3CCOCC3)cc2c1=O. The number of ether oxygens (including phenoxy) is 1. The molecule has 2 N–H and O–H groups in total. The van der Waals surface area contributed by atoms with Crippen LogP contribution in [0.25, 0.3) is 10.9 Å². The van der Waals surface area contributed by atoms with Gasteiger partial charge in [0, 0.05) is 48.3 Å². The van der Waals surface area contributed by atoms with Crippen molar-refractivity contribution in [3.05, 3.63) is 80.6 Å². The first-order valence-electron chi connectivity index (χ1n) is 9.57. The maximum Gasteiger partial charge on any atom is 0.257 e. The average molecular weight is 412 g/mol. The standard InChI is InChI=1S/C22H22ClN3O3/c23-17-4-1-15(2-5-17)12-25-22(28)19-13-24-20-6-3-16(11-18(20)21(19)27)14-26-7-9-29-10-8-26/h1-6,11,13H,7-10,12,14H2,(H,24,27)(H,25,28). The number of aromatic nitrogens is 1. The monoisotopic (exact) mass is 411 g/mol. The van der Waals surface area contributed by atoms with E-state index >= 15 is 0 Å². The largest absolute Gasteiger partial charge is 0.379 e. The summed E-state index contributed by atoms with van der Waals surface area (Å²) in [7, 11) is 0. The number of nitrogens with one attached hydrogen (secondary N) is 2. The molecule has 3 aromatic rings. The molecule has 0 aliphatic carbocycles. The number of nitrogens with zero attached hydrogens (tertiary/aromatic N) is 1. The average Bonchev–Trinajstić information content (AvgIpc) is 2.74. The number of hydrogen-bond acceptors (Lipinski definition) is 4. The summed E-state index contributed by atoms with van der Waals surface area (Å²) in [6, 6.07) is 13.0. The molecule has 0 atom stereocenters. The molecule has 0 spiro atoms. The third kappa shape index (κ3) is 4.67. The van der Waals surface area contributed by atoms with E-state index in [0.717, 1.165) is 49.5 Å². The van der Waals surface area contributed by atoms with E-state index in [1.54, 1.807) is 12.1 Å². The number of carbonyl (C=O) groups is 1. The maximum absolute atomic E-state index is 12.9. The molecule has 1 amide bonds. The van der Waals surface area contributed by atoms with E-state index in [-0.39, 0.29) is 11.0 Å². The van der Waals surface area contributed by atoms with Crippen LogP contribution in [-0.4, -0.2) is 42.1 Å². The first-order valence-corrected chi connectivity index (χ1v) is 9.95. The quantitative estimate of drug-likeness (QED) is 0.677. The third-order valence-corrected chi connectivity index (χ3v) is 5.32. The topological polar surface area (TPSA) is 74.4 Å². The van der Waals surface area contributed by atoms with Gasteiger partial charge in [0.25, 0.3) is 5.91 Å². The van der Waals surface area contributed by atoms with Crippen molar-refractivity contribution in [3.8, 4) is 0 Å². The lowest BCUT2D eigenvalue weighted by molar-refractivity contribution is 0.0342. The van der Waals surface area contributed by atoms with E-state index in [9.17, 15) is 9.59 Å². The highest BCUT2D eigenvalue weighted by atomic mass is 35.5. The van der Waals surface area contributed by atoms with Gasteiger partial charge in [0.2, 0.25) is 5.43 Å². The summed E-state index contributed by atoms with van der Waals surface area (Å²) in [6.45, 7) is 4.29. The van der Waals surface area contributed by atoms with Crippen LogP contribution in [0, 0.1) is 0 Å². The van der Waals surface area contributed by atoms with Gasteiger partial charge in [-0.15, -0.1) is 0 Å². The molecule has 0 saturated carbocycles. The predicted molar refractivity (Wildman–Crippen MR) is 113 cm³/mol. The number of rotatable bonds is 5. The molecule has 7 heteroatoms. The van der Waals surface area contributed by atoms with Gasteiger partial charge in [0.1, 0.15) is 5.56 Å². The van der Waals surface area contributed by atoms with E-state index in [0.29, 0.717) is 17.0 Å². The van der Waals surface area contributed by atoms with Crippen molar-refractivity contribution < 1.29 is 9.53 Å². The molecule has 2 heterocycles. The van der Waals surface area contributed by atoms with Gasteiger partial charge in [-0.25, -0.2) is 0 Å². The van der Waals surface area contributed by atoms with Crippen molar-refractivity contribution in [2.75, 3.05) is 26.3 Å². The van der Waals surface area contributed by atoms with Crippen LogP contribution in [0.5, 0.6) is 0 Å². The van der Waals surface area contributed by atoms with Crippen molar-refractivity contribution in [2.45, 2.75) is 13.1 Å². The number of hydrogen-bond donors (Lipinski definition) is 2. The Bertz CT molecular complexity index is 1070. The summed E-state index contributed by atoms with van der Waals surface area (Å²) in [4.78, 5) is 30.9. The molecular weight excluding hydrogens is 390 g/mol. The normalized spacial score (nSPS) is 14.8. The summed E-state index contributed by atoms with van der Waals surface area (Å²) in [6.07, 6.45) is 1.48. The summed E-state index contributed by atoms with van der Waals surface area (Å²) in [5.41, 5.74) is 2.51. The van der Waals surface area contributed by atoms with Crippen LogP contribution in [-0.2, 0) is 17.8 Å². The Morgan fingerprint density at radius 1 is 1.10 bits per heavy atom. The number of pyridine rings is 1. The highest BCUT2D eigenvalue weighted by molar-refractivity contribution is 6.30. The molecule has 0 radical (unpaired) electrons. The Labute approximate surface area is 173 Å². The molecule has 0 bridgehead atoms. The lowest BCUT2D eigenvalue weighted by Gasteiger charge is -2.26. The number of fused-ring (bicyclic) bond motifs is 1. The fourth-order valence-corrected chi connectivity index (χ4v) is 3.56. The molecule has 2 aromatic carbocycles. The molecule has 1 aliphatic heterocycles. The van der Waals surface area contributed by atoms with E-state index in [1.807, 2.05) is 30.3 Å². The summed E-state index contributed by atoms with van der Waals surface area (Å²) in [5, 5.41) is 3.96. The van der Waals surface area contributed by atoms with Crippen LogP contribution in [0.15, 0.2) is 53.5 Å². The third-order valence-electron chi connectivity index (χ3n) is 5.07. The zero-order chi connectivity index (χ0) is 20.2. The van der Waals surface area contributed by atoms with Gasteiger partial charge in [-0.05, 0) is 35.4 Å². The second kappa shape index (κ2) is 8.78. The van der Waals surface area contributed by atoms with Crippen LogP contribution >= 0.6 is 11.6 Å². The van der Waals surface area contributed by atoms with Gasteiger partial charge in [-0.1, -0.05) is 29.8 Å². The Kier molecular flexibility index (Phi) is 5.94. The highest BCUT2D eigenvalue weighted by Crippen LogP contribution is 2.14. The van der Waals surface area contributed by atoms with Crippen LogP contribution in [0.4, 0.5) is 0 Å². The fourth-order valence-electron chi connectivity index (χ4n) is 3.43. The number of H-pyrrole nitrogens is 1. The van der Waals surface area contributed by atoms with Gasteiger partial charge < -0.3 is 15.0 Å². The molecule has 0 unspecified atom stereocenters. The molecular formula is C22H22ClN3O3. The van der Waals surface area contributed by atoms with Crippen molar-refractivity contribution in [3.63, 3.8) is 0 Å². The minimum absolute atomic E-state index is 0.106. The van der Waals surface area contributed by atoms with Crippen LogP contribution in [0.1, 0.15) is 21.5 Å². The first kappa shape index (κ1) is 19.6. The number of halogens is 1. The van der Waals surface area contributed by atoms with Crippen LogP contribution < -0.4 is 10.7 Å². The first-order chi connectivity index (χ1) is 14.1. The smallest absolute Gasteiger partial charge is 0.257 e. The van der Waals surface area contributed by atoms with Gasteiger partial charge in [0.05, 0.1) is 13.2 Å². The van der Waals surface area contributed by atoms with Gasteiger partial charge in [-0.3, -0.25) is 14.5 Å². The second-order valence-corrected chi connectivity index (χ2v) is 7.55. The highest BCUT2D eigenvalue weighted by Gasteiger charge is 2.15. The Hall–Kier alpha value is -2.67. The van der Waals surface area contributed by atoms with E-state index in [2.05, 4.69) is 15.2 Å². The second-order valence-electron chi connectivity index (χ2n) is 7.11. The van der Waals surface area contributed by atoms with Crippen molar-refractivity contribution in [1.82, 2.24) is 15.2 Å². The van der Waals surface area contributed by atoms with Gasteiger partial charge in [0.15, 0.2) is 0 Å². The Morgan fingerprint density at radius 2 is 1.83 bits per heavy atom. The molecule has 6 nitrogen and oxygen atoms in total. The van der Waals surface area contributed by atoms with Crippen molar-refractivity contribution >= 4 is 28.4 Å². The van der Waals surface area contributed by atoms with Crippen molar-refractivity contribution in [1.29, 1.82) is 0 Å². The lowest BCUT2D eigenvalue weighted by Crippen LogP contribution is -2.35. The number of benzene rings is 2. The summed E-state index contributed by atoms with van der Waals surface area (Å²) in [5.74, 6) is -0.401. The molecule has 29 heavy (non-hydrogen) atoms. The summed E-state index contributed by atoms with van der Waals surface area (Å²) < 4.78 is 5.38. The fraction of sp³-hybridized carbons (Fsp3) is 0.273. The molecule has 1 fully saturated rings. The van der Waals surface area contributed by atoms with Crippen LogP contribution in [0.2, 0.25) is 5.02 Å². The van der Waals surface area contributed by atoms with E-state index in [4.69, 9.17) is 16.3 Å². The van der Waals surface area contributed by atoms with E-state index < -0.39 is 5.91 Å². The minimum atomic E-state index is -0.401. The van der Waals surface area contributed by atoms with E-state index in [1.165, 1.54) is 6.20 Å². The number of aromatic amines is 1. The molecule has 1 aliphatic rings. The molecule has 1 saturated heterocycles. The summed E-state index contributed by atoms with van der Waals surface area (Å²) >= 11 is 5.88. The van der Waals surface area contributed by atoms with Crippen LogP contribution in [0.3, 0.4) is 0 Å². The van der Waals surface area contributed by atoms with Crippen molar-refractivity contribution in [2.24, 2.45) is 0 Å². The zero-order valence-electron chi connectivity index (χ0n) is 15.9. The Morgan fingerprint density at radius 3 is 2.59 bits per heavy atom. The Balaban J connectivity index is 1.52. The minimum Gasteiger partial charge on any atom is -0.379 e. The number of morpholine rings is 1. The molecule has 1 aromatic heterocycles. The number of amides is 1.